The molecule has 0 bridgehead atoms. The number of carbonyl (C=O) groups is 3. The largest absolute Gasteiger partial charge is 0.490 e. The first-order chi connectivity index (χ1) is 17.2. The van der Waals surface area contributed by atoms with Crippen molar-refractivity contribution in [3.8, 4) is 0 Å². The maximum atomic E-state index is 12.2. The van der Waals surface area contributed by atoms with E-state index < -0.39 is 24.3 Å². The van der Waals surface area contributed by atoms with Gasteiger partial charge in [0.05, 0.1) is 6.10 Å². The molecule has 2 saturated heterocycles. The van der Waals surface area contributed by atoms with Crippen LogP contribution in [0, 0.1) is 11.8 Å². The van der Waals surface area contributed by atoms with Gasteiger partial charge < -0.3 is 20.3 Å². The molecular formula is C22H27F6N3O6. The zero-order valence-electron chi connectivity index (χ0n) is 19.5. The highest BCUT2D eigenvalue weighted by atomic mass is 19.4. The third kappa shape index (κ3) is 10.9. The number of fused-ring (bicyclic) bond motifs is 1. The lowest BCUT2D eigenvalue weighted by Gasteiger charge is -2.34. The van der Waals surface area contributed by atoms with Crippen LogP contribution in [-0.4, -0.2) is 82.1 Å². The number of carboxylic acids is 2. The highest BCUT2D eigenvalue weighted by Gasteiger charge is 2.42. The predicted octanol–water partition coefficient (Wildman–Crippen LogP) is 2.85. The summed E-state index contributed by atoms with van der Waals surface area (Å²) in [5.41, 5.74) is 1.29. The number of aliphatic carboxylic acids is 2. The van der Waals surface area contributed by atoms with Crippen molar-refractivity contribution in [1.82, 2.24) is 15.2 Å². The number of carboxylic acid groups (broad SMARTS) is 2. The zero-order chi connectivity index (χ0) is 27.8. The summed E-state index contributed by atoms with van der Waals surface area (Å²) in [5, 5.41) is 17.3. The summed E-state index contributed by atoms with van der Waals surface area (Å²) in [4.78, 5) is 36.5. The number of likely N-dealkylation sites (tertiary alicyclic amines) is 1. The molecule has 1 amide bonds. The number of pyridine rings is 1. The molecule has 3 N–H and O–H groups in total. The van der Waals surface area contributed by atoms with Gasteiger partial charge in [-0.1, -0.05) is 0 Å². The molecule has 3 fully saturated rings. The van der Waals surface area contributed by atoms with Gasteiger partial charge >= 0.3 is 24.3 Å². The second-order valence-corrected chi connectivity index (χ2v) is 8.83. The number of hydrogen-bond acceptors (Lipinski definition) is 6. The van der Waals surface area contributed by atoms with Crippen LogP contribution in [0.2, 0.25) is 0 Å². The van der Waals surface area contributed by atoms with Gasteiger partial charge in [-0.3, -0.25) is 14.7 Å². The van der Waals surface area contributed by atoms with Gasteiger partial charge in [0.2, 0.25) is 5.91 Å². The number of piperidine rings is 1. The first-order valence-corrected chi connectivity index (χ1v) is 11.3. The number of carbonyl (C=O) groups excluding carboxylic acids is 1. The molecule has 0 aromatic carbocycles. The van der Waals surface area contributed by atoms with E-state index in [1.54, 1.807) is 0 Å². The van der Waals surface area contributed by atoms with Crippen LogP contribution >= 0.6 is 0 Å². The number of aromatic nitrogens is 1. The monoisotopic (exact) mass is 543 g/mol. The fourth-order valence-electron chi connectivity index (χ4n) is 3.73. The summed E-state index contributed by atoms with van der Waals surface area (Å²) in [7, 11) is 0. The van der Waals surface area contributed by atoms with Gasteiger partial charge in [-0.25, -0.2) is 9.59 Å². The molecule has 0 spiro atoms. The minimum atomic E-state index is -5.08. The van der Waals surface area contributed by atoms with Crippen LogP contribution in [-0.2, 0) is 25.7 Å². The number of nitrogens with zero attached hydrogens (tertiary/aromatic N) is 2. The summed E-state index contributed by atoms with van der Waals surface area (Å²) in [6, 6.07) is 4.13. The van der Waals surface area contributed by atoms with Gasteiger partial charge in [0, 0.05) is 32.0 Å². The van der Waals surface area contributed by atoms with Crippen molar-refractivity contribution in [2.75, 3.05) is 19.6 Å². The van der Waals surface area contributed by atoms with E-state index in [4.69, 9.17) is 24.5 Å². The van der Waals surface area contributed by atoms with E-state index in [-0.39, 0.29) is 18.1 Å². The Hall–Kier alpha value is -2.94. The summed E-state index contributed by atoms with van der Waals surface area (Å²) in [5.74, 6) is -4.15. The normalized spacial score (nSPS) is 23.5. The number of alkyl halides is 6. The Bertz CT molecular complexity index is 886. The highest BCUT2D eigenvalue weighted by molar-refractivity contribution is 5.81. The van der Waals surface area contributed by atoms with Crippen molar-refractivity contribution in [2.45, 2.75) is 56.8 Å². The number of hydrogen-bond donors (Lipinski definition) is 3. The maximum Gasteiger partial charge on any atom is 0.490 e. The van der Waals surface area contributed by atoms with Crippen LogP contribution in [0.1, 0.15) is 31.2 Å². The average Bonchev–Trinajstić information content (AvgIpc) is 3.54. The molecule has 1 aromatic heterocycles. The molecule has 1 aromatic rings. The van der Waals surface area contributed by atoms with Gasteiger partial charge in [-0.05, 0) is 61.8 Å². The Balaban J connectivity index is 0.000000286. The van der Waals surface area contributed by atoms with Crippen LogP contribution in [0.15, 0.2) is 24.5 Å². The van der Waals surface area contributed by atoms with Gasteiger partial charge in [0.25, 0.3) is 0 Å². The lowest BCUT2D eigenvalue weighted by Crippen LogP contribution is -2.42. The Morgan fingerprint density at radius 3 is 2.03 bits per heavy atom. The molecule has 9 nitrogen and oxygen atoms in total. The van der Waals surface area contributed by atoms with Crippen molar-refractivity contribution in [3.63, 3.8) is 0 Å². The van der Waals surface area contributed by atoms with E-state index >= 15 is 0 Å². The number of rotatable bonds is 5. The van der Waals surface area contributed by atoms with Crippen LogP contribution in [0.5, 0.6) is 0 Å². The van der Waals surface area contributed by atoms with E-state index in [9.17, 15) is 31.1 Å². The molecule has 3 aliphatic rings. The quantitative estimate of drug-likeness (QED) is 0.484. The van der Waals surface area contributed by atoms with Gasteiger partial charge in [-0.2, -0.15) is 26.3 Å². The Morgan fingerprint density at radius 1 is 1.00 bits per heavy atom. The Kier molecular flexibility index (Phi) is 10.7. The number of nitrogens with one attached hydrogen (secondary N) is 1. The van der Waals surface area contributed by atoms with Crippen molar-refractivity contribution in [3.05, 3.63) is 30.1 Å². The topological polar surface area (TPSA) is 129 Å². The second-order valence-electron chi connectivity index (χ2n) is 8.83. The Labute approximate surface area is 207 Å². The molecule has 1 saturated carbocycles. The van der Waals surface area contributed by atoms with Crippen molar-refractivity contribution in [2.24, 2.45) is 11.8 Å². The maximum absolute atomic E-state index is 12.2. The molecule has 15 heteroatoms. The van der Waals surface area contributed by atoms with Gasteiger partial charge in [0.15, 0.2) is 0 Å². The van der Waals surface area contributed by atoms with Crippen LogP contribution < -0.4 is 5.32 Å². The third-order valence-electron chi connectivity index (χ3n) is 5.83. The van der Waals surface area contributed by atoms with Crippen LogP contribution in [0.4, 0.5) is 26.3 Å². The smallest absolute Gasteiger partial charge is 0.475 e. The van der Waals surface area contributed by atoms with E-state index in [2.05, 4.69) is 27.3 Å². The molecule has 0 radical (unpaired) electrons. The van der Waals surface area contributed by atoms with E-state index in [0.29, 0.717) is 5.92 Å². The predicted molar refractivity (Wildman–Crippen MR) is 114 cm³/mol. The minimum absolute atomic E-state index is 0.104. The third-order valence-corrected chi connectivity index (χ3v) is 5.83. The summed E-state index contributed by atoms with van der Waals surface area (Å²) < 4.78 is 69.6. The first kappa shape index (κ1) is 30.3. The molecule has 3 atom stereocenters. The molecule has 0 unspecified atom stereocenters. The summed E-state index contributed by atoms with van der Waals surface area (Å²) in [6.07, 6.45) is -1.95. The second kappa shape index (κ2) is 13.0. The summed E-state index contributed by atoms with van der Waals surface area (Å²) >= 11 is 0. The molecule has 37 heavy (non-hydrogen) atoms. The summed E-state index contributed by atoms with van der Waals surface area (Å²) in [6.45, 7) is 3.79. The number of halogens is 6. The molecule has 1 aliphatic carbocycles. The SMILES string of the molecule is O=C(NCC1CC1)[C@@H]1C[C@@H]2CCN(Cc3ccncc3)C[C@@H]2O1.O=C(O)C(F)(F)F.O=C(O)C(F)(F)F. The average molecular weight is 543 g/mol. The molecule has 3 heterocycles. The Morgan fingerprint density at radius 2 is 1.54 bits per heavy atom. The van der Waals surface area contributed by atoms with E-state index in [1.165, 1.54) is 18.4 Å². The lowest BCUT2D eigenvalue weighted by molar-refractivity contribution is -0.193. The number of ether oxygens (including phenoxy) is 1. The first-order valence-electron chi connectivity index (χ1n) is 11.3. The van der Waals surface area contributed by atoms with Crippen LogP contribution in [0.25, 0.3) is 0 Å². The molecule has 208 valence electrons. The molecular weight excluding hydrogens is 516 g/mol. The van der Waals surface area contributed by atoms with E-state index in [1.807, 2.05) is 12.4 Å². The zero-order valence-corrected chi connectivity index (χ0v) is 19.5. The molecule has 2 aliphatic heterocycles. The van der Waals surface area contributed by atoms with Crippen molar-refractivity contribution >= 4 is 17.8 Å². The highest BCUT2D eigenvalue weighted by Crippen LogP contribution is 2.34. The van der Waals surface area contributed by atoms with Crippen molar-refractivity contribution < 1.29 is 55.7 Å². The van der Waals surface area contributed by atoms with E-state index in [0.717, 1.165) is 44.9 Å². The number of amides is 1. The standard InChI is InChI=1S/C18H25N3O2.2C2HF3O2/c22-18(20-10-13-1-2-13)16-9-15-5-8-21(12-17(15)23-16)11-14-3-6-19-7-4-14;2*3-2(4,5)1(6)7/h3-4,6-7,13,15-17H,1-2,5,8-12H2,(H,20,22);2*(H,6,7)/t15-,16-,17-;;/m0../s1. The minimum Gasteiger partial charge on any atom is -0.475 e. The fourth-order valence-corrected chi connectivity index (χ4v) is 3.73. The van der Waals surface area contributed by atoms with Gasteiger partial charge in [0.1, 0.15) is 6.10 Å². The van der Waals surface area contributed by atoms with Crippen LogP contribution in [0.3, 0.4) is 0 Å². The fraction of sp³-hybridized carbons (Fsp3) is 0.636. The lowest BCUT2D eigenvalue weighted by atomic mass is 9.91. The van der Waals surface area contributed by atoms with Gasteiger partial charge in [-0.15, -0.1) is 0 Å². The molecule has 4 rings (SSSR count). The van der Waals surface area contributed by atoms with Crippen molar-refractivity contribution in [1.29, 1.82) is 0 Å².